The highest BCUT2D eigenvalue weighted by atomic mass is 79.9. The third kappa shape index (κ3) is 3.60. The Kier molecular flexibility index (Phi) is 4.66. The van der Waals surface area contributed by atoms with E-state index in [0.29, 0.717) is 18.3 Å². The van der Waals surface area contributed by atoms with Crippen LogP contribution in [0.4, 0.5) is 4.79 Å². The highest BCUT2D eigenvalue weighted by Crippen LogP contribution is 2.65. The van der Waals surface area contributed by atoms with Crippen molar-refractivity contribution in [2.75, 3.05) is 7.05 Å². The quantitative estimate of drug-likeness (QED) is 0.560. The van der Waals surface area contributed by atoms with Crippen LogP contribution in [0.5, 0.6) is 0 Å². The average Bonchev–Trinajstić information content (AvgIpc) is 2.43. The maximum atomic E-state index is 12.4. The van der Waals surface area contributed by atoms with Crippen LogP contribution in [0, 0.1) is 17.3 Å². The van der Waals surface area contributed by atoms with Gasteiger partial charge < -0.3 is 10.1 Å². The van der Waals surface area contributed by atoms with Gasteiger partial charge >= 0.3 is 12.0 Å². The molecule has 0 heterocycles. The summed E-state index contributed by atoms with van der Waals surface area (Å²) < 4.78 is 5.48. The number of halogens is 1. The van der Waals surface area contributed by atoms with Crippen LogP contribution in [-0.4, -0.2) is 35.4 Å². The van der Waals surface area contributed by atoms with E-state index in [1.165, 1.54) is 33.2 Å². The lowest BCUT2D eigenvalue weighted by molar-refractivity contribution is -0.160. The first kappa shape index (κ1) is 17.7. The van der Waals surface area contributed by atoms with Gasteiger partial charge in [-0.25, -0.2) is 4.79 Å². The first-order valence-electron chi connectivity index (χ1n) is 8.64. The third-order valence-corrected chi connectivity index (χ3v) is 6.70. The number of nitrogens with one attached hydrogen (secondary N) is 2. The molecular weight excluding hydrogens is 376 g/mol. The lowest BCUT2D eigenvalue weighted by Crippen LogP contribution is -2.53. The third-order valence-electron chi connectivity index (χ3n) is 5.77. The molecule has 4 fully saturated rings. The van der Waals surface area contributed by atoms with Crippen LogP contribution in [0.1, 0.15) is 51.9 Å². The summed E-state index contributed by atoms with van der Waals surface area (Å²) >= 11 is 3.93. The number of imide groups is 1. The molecule has 3 amide bonds. The first-order valence-corrected chi connectivity index (χ1v) is 9.43. The van der Waals surface area contributed by atoms with Crippen molar-refractivity contribution in [1.29, 1.82) is 0 Å². The van der Waals surface area contributed by atoms with Gasteiger partial charge in [0.2, 0.25) is 0 Å². The predicted molar refractivity (Wildman–Crippen MR) is 91.5 cm³/mol. The first-order chi connectivity index (χ1) is 11.2. The minimum absolute atomic E-state index is 0.0155. The molecule has 24 heavy (non-hydrogen) atoms. The maximum absolute atomic E-state index is 12.4. The smallest absolute Gasteiger partial charge is 0.321 e. The van der Waals surface area contributed by atoms with Crippen molar-refractivity contribution in [2.24, 2.45) is 17.3 Å². The molecule has 4 aliphatic carbocycles. The fraction of sp³-hybridized carbons (Fsp3) is 0.824. The minimum Gasteiger partial charge on any atom is -0.453 e. The van der Waals surface area contributed by atoms with Gasteiger partial charge in [0.25, 0.3) is 5.91 Å². The van der Waals surface area contributed by atoms with Crippen molar-refractivity contribution < 1.29 is 19.1 Å². The molecule has 7 heteroatoms. The number of hydrogen-bond acceptors (Lipinski definition) is 4. The largest absolute Gasteiger partial charge is 0.453 e. The molecule has 0 radical (unpaired) electrons. The summed E-state index contributed by atoms with van der Waals surface area (Å²) in [7, 11) is 1.42. The van der Waals surface area contributed by atoms with E-state index in [2.05, 4.69) is 26.6 Å². The van der Waals surface area contributed by atoms with Crippen molar-refractivity contribution in [1.82, 2.24) is 10.6 Å². The Bertz CT molecular complexity index is 551. The number of urea groups is 1. The Labute approximate surface area is 150 Å². The number of esters is 1. The van der Waals surface area contributed by atoms with Gasteiger partial charge in [0, 0.05) is 11.4 Å². The van der Waals surface area contributed by atoms with E-state index in [4.69, 9.17) is 4.74 Å². The highest BCUT2D eigenvalue weighted by Gasteiger charge is 2.57. The molecule has 2 unspecified atom stereocenters. The number of hydrogen-bond donors (Lipinski definition) is 2. The van der Waals surface area contributed by atoms with Gasteiger partial charge in [-0.3, -0.25) is 14.9 Å². The van der Waals surface area contributed by atoms with Gasteiger partial charge in [-0.2, -0.15) is 0 Å². The van der Waals surface area contributed by atoms with Gasteiger partial charge in [0.1, 0.15) is 0 Å². The topological polar surface area (TPSA) is 84.5 Å². The number of alkyl halides is 1. The second-order valence-corrected chi connectivity index (χ2v) is 9.67. The molecule has 4 saturated carbocycles. The van der Waals surface area contributed by atoms with Crippen LogP contribution >= 0.6 is 15.9 Å². The van der Waals surface area contributed by atoms with Crippen LogP contribution in [-0.2, 0) is 14.3 Å². The van der Waals surface area contributed by atoms with E-state index in [-0.39, 0.29) is 15.7 Å². The second-order valence-electron chi connectivity index (χ2n) is 7.99. The monoisotopic (exact) mass is 400 g/mol. The summed E-state index contributed by atoms with van der Waals surface area (Å²) in [5.74, 6) is 0.456. The van der Waals surface area contributed by atoms with Crippen LogP contribution in [0.2, 0.25) is 0 Å². The van der Waals surface area contributed by atoms with Crippen LogP contribution in [0.25, 0.3) is 0 Å². The van der Waals surface area contributed by atoms with Crippen molar-refractivity contribution >= 4 is 33.8 Å². The van der Waals surface area contributed by atoms with Crippen LogP contribution < -0.4 is 10.6 Å². The molecule has 5 atom stereocenters. The Morgan fingerprint density at radius 3 is 2.38 bits per heavy atom. The van der Waals surface area contributed by atoms with E-state index in [1.54, 1.807) is 0 Å². The average molecular weight is 401 g/mol. The SMILES string of the molecule is CNC(=O)NC(=O)[C@@H](C)OC(=O)CC12C[C@@H]3C[C@@H](CC(Br)(C3)C1)C2. The number of ether oxygens (including phenoxy) is 1. The molecule has 6 nitrogen and oxygen atoms in total. The second kappa shape index (κ2) is 6.32. The summed E-state index contributed by atoms with van der Waals surface area (Å²) in [6.07, 6.45) is 6.30. The Morgan fingerprint density at radius 2 is 1.83 bits per heavy atom. The molecule has 0 aliphatic heterocycles. The van der Waals surface area contributed by atoms with E-state index < -0.39 is 18.0 Å². The van der Waals surface area contributed by atoms with Gasteiger partial charge in [0.05, 0.1) is 6.42 Å². The summed E-state index contributed by atoms with van der Waals surface area (Å²) in [5, 5.41) is 4.42. The number of carbonyl (C=O) groups excluding carboxylic acids is 3. The van der Waals surface area contributed by atoms with E-state index in [0.717, 1.165) is 19.3 Å². The van der Waals surface area contributed by atoms with Crippen molar-refractivity contribution in [2.45, 2.75) is 62.3 Å². The molecule has 0 saturated heterocycles. The van der Waals surface area contributed by atoms with Gasteiger partial charge in [-0.15, -0.1) is 0 Å². The summed E-state index contributed by atoms with van der Waals surface area (Å²) in [4.78, 5) is 35.3. The van der Waals surface area contributed by atoms with Crippen LogP contribution in [0.15, 0.2) is 0 Å². The zero-order valence-electron chi connectivity index (χ0n) is 14.2. The molecule has 0 aromatic heterocycles. The lowest BCUT2D eigenvalue weighted by Gasteiger charge is -2.60. The molecular formula is C17H25BrN2O4. The lowest BCUT2D eigenvalue weighted by atomic mass is 9.49. The molecule has 4 aliphatic rings. The van der Waals surface area contributed by atoms with Crippen molar-refractivity contribution in [3.8, 4) is 0 Å². The summed E-state index contributed by atoms with van der Waals surface area (Å²) in [6, 6.07) is -0.606. The fourth-order valence-corrected chi connectivity index (χ4v) is 6.93. The molecule has 0 aromatic rings. The number of rotatable bonds is 4. The van der Waals surface area contributed by atoms with Gasteiger partial charge in [0.15, 0.2) is 6.10 Å². The number of amides is 3. The molecule has 0 aromatic carbocycles. The minimum atomic E-state index is -0.971. The van der Waals surface area contributed by atoms with E-state index in [1.807, 2.05) is 0 Å². The van der Waals surface area contributed by atoms with E-state index >= 15 is 0 Å². The molecule has 4 bridgehead atoms. The summed E-state index contributed by atoms with van der Waals surface area (Å²) in [5.41, 5.74) is 0.0155. The Balaban J connectivity index is 1.57. The van der Waals surface area contributed by atoms with Crippen molar-refractivity contribution in [3.63, 3.8) is 0 Å². The molecule has 2 N–H and O–H groups in total. The fourth-order valence-electron chi connectivity index (χ4n) is 5.42. The zero-order chi connectivity index (χ0) is 17.5. The van der Waals surface area contributed by atoms with Gasteiger partial charge in [-0.1, -0.05) is 15.9 Å². The predicted octanol–water partition coefficient (Wildman–Crippen LogP) is 2.50. The molecule has 134 valence electrons. The van der Waals surface area contributed by atoms with Crippen LogP contribution in [0.3, 0.4) is 0 Å². The van der Waals surface area contributed by atoms with Crippen molar-refractivity contribution in [3.05, 3.63) is 0 Å². The van der Waals surface area contributed by atoms with Gasteiger partial charge in [-0.05, 0) is 62.7 Å². The number of carbonyl (C=O) groups is 3. The highest BCUT2D eigenvalue weighted by molar-refractivity contribution is 9.10. The molecule has 0 spiro atoms. The van der Waals surface area contributed by atoms with E-state index in [9.17, 15) is 14.4 Å². The maximum Gasteiger partial charge on any atom is 0.321 e. The molecule has 4 rings (SSSR count). The standard InChI is InChI=1S/C17H25BrN2O4/c1-10(14(22)20-15(23)19-2)24-13(21)8-16-4-11-3-12(5-16)7-17(18,6-11)9-16/h10-12H,3-9H2,1-2H3,(H2,19,20,22,23)/t10-,11-,12+,16?,17?/m1/s1. The Morgan fingerprint density at radius 1 is 1.21 bits per heavy atom. The summed E-state index contributed by atoms with van der Waals surface area (Å²) in [6.45, 7) is 1.49. The normalized spacial score (nSPS) is 37.6. The Hall–Kier alpha value is -1.11. The zero-order valence-corrected chi connectivity index (χ0v) is 15.8.